The number of amides is 2. The summed E-state index contributed by atoms with van der Waals surface area (Å²) in [5, 5.41) is 15.4. The molecule has 0 bridgehead atoms. The van der Waals surface area contributed by atoms with Crippen molar-refractivity contribution in [2.24, 2.45) is 5.73 Å². The van der Waals surface area contributed by atoms with Gasteiger partial charge in [0.2, 0.25) is 5.88 Å². The summed E-state index contributed by atoms with van der Waals surface area (Å²) >= 11 is 6.08. The zero-order chi connectivity index (χ0) is 25.5. The van der Waals surface area contributed by atoms with Crippen molar-refractivity contribution < 1.29 is 28.6 Å². The lowest BCUT2D eigenvalue weighted by molar-refractivity contribution is -0.140. The van der Waals surface area contributed by atoms with E-state index in [4.69, 9.17) is 26.8 Å². The molecule has 0 radical (unpaired) electrons. The number of esters is 2. The fourth-order valence-corrected chi connectivity index (χ4v) is 3.65. The van der Waals surface area contributed by atoms with Crippen molar-refractivity contribution in [2.45, 2.75) is 12.3 Å². The summed E-state index contributed by atoms with van der Waals surface area (Å²) in [5.74, 6) is -2.88. The first-order valence-corrected chi connectivity index (χ1v) is 10.5. The summed E-state index contributed by atoms with van der Waals surface area (Å²) in [6, 6.07) is 14.6. The number of hydrogen-bond acceptors (Lipinski definition) is 8. The van der Waals surface area contributed by atoms with E-state index in [1.165, 1.54) is 7.11 Å². The highest BCUT2D eigenvalue weighted by atomic mass is 35.5. The van der Waals surface area contributed by atoms with Crippen LogP contribution >= 0.6 is 11.6 Å². The van der Waals surface area contributed by atoms with Gasteiger partial charge in [-0.05, 0) is 29.8 Å². The van der Waals surface area contributed by atoms with Crippen LogP contribution in [0.1, 0.15) is 17.9 Å². The number of carbonyl (C=O) groups is 3. The van der Waals surface area contributed by atoms with Gasteiger partial charge in [0.15, 0.2) is 0 Å². The lowest BCUT2D eigenvalue weighted by Crippen LogP contribution is -2.27. The van der Waals surface area contributed by atoms with Gasteiger partial charge in [-0.3, -0.25) is 4.79 Å². The summed E-state index contributed by atoms with van der Waals surface area (Å²) < 4.78 is 15.0. The lowest BCUT2D eigenvalue weighted by Gasteiger charge is -2.27. The summed E-state index contributed by atoms with van der Waals surface area (Å²) in [4.78, 5) is 37.1. The summed E-state index contributed by atoms with van der Waals surface area (Å²) in [6.45, 7) is 0. The maximum Gasteiger partial charge on any atom is 0.338 e. The van der Waals surface area contributed by atoms with Crippen LogP contribution in [0, 0.1) is 11.3 Å². The number of anilines is 2. The van der Waals surface area contributed by atoms with Crippen molar-refractivity contribution >= 4 is 40.9 Å². The van der Waals surface area contributed by atoms with Crippen LogP contribution in [0.4, 0.5) is 16.2 Å². The van der Waals surface area contributed by atoms with Gasteiger partial charge in [0, 0.05) is 5.69 Å². The molecule has 3 rings (SSSR count). The number of urea groups is 1. The highest BCUT2D eigenvalue weighted by Gasteiger charge is 2.38. The highest BCUT2D eigenvalue weighted by molar-refractivity contribution is 6.33. The van der Waals surface area contributed by atoms with Gasteiger partial charge in [-0.25, -0.2) is 9.59 Å². The summed E-state index contributed by atoms with van der Waals surface area (Å²) in [6.07, 6.45) is -0.408. The number of allylic oxidation sites excluding steroid dienone is 1. The quantitative estimate of drug-likeness (QED) is 0.510. The number of nitriles is 1. The average Bonchev–Trinajstić information content (AvgIpc) is 2.84. The Labute approximate surface area is 205 Å². The first-order valence-electron chi connectivity index (χ1n) is 10.2. The van der Waals surface area contributed by atoms with E-state index in [1.807, 2.05) is 6.07 Å². The molecule has 1 aliphatic rings. The van der Waals surface area contributed by atoms with Gasteiger partial charge in [-0.1, -0.05) is 35.9 Å². The molecule has 10 nitrogen and oxygen atoms in total. The fourth-order valence-electron chi connectivity index (χ4n) is 3.46. The Morgan fingerprint density at radius 3 is 2.51 bits per heavy atom. The van der Waals surface area contributed by atoms with E-state index >= 15 is 0 Å². The number of carbonyl (C=O) groups excluding carboxylic acids is 3. The molecular formula is C24H21ClN4O6. The van der Waals surface area contributed by atoms with Gasteiger partial charge in [-0.2, -0.15) is 5.26 Å². The second-order valence-corrected chi connectivity index (χ2v) is 7.60. The third kappa shape index (κ3) is 5.72. The molecule has 4 N–H and O–H groups in total. The standard InChI is InChI=1S/C24H21ClN4O6/c1-33-19(30)11-18-21(23(31)34-2)20(15(12-26)22(27)35-18)13-6-5-7-14(10-13)28-24(32)29-17-9-4-3-8-16(17)25/h3-10,20H,11,27H2,1-2H3,(H2,28,29,32). The molecule has 1 unspecified atom stereocenters. The van der Waals surface area contributed by atoms with E-state index in [1.54, 1.807) is 48.5 Å². The van der Waals surface area contributed by atoms with Crippen molar-refractivity contribution in [2.75, 3.05) is 24.9 Å². The molecule has 35 heavy (non-hydrogen) atoms. The fraction of sp³-hybridized carbons (Fsp3) is 0.167. The second-order valence-electron chi connectivity index (χ2n) is 7.19. The Bertz CT molecular complexity index is 1280. The zero-order valence-corrected chi connectivity index (χ0v) is 19.5. The molecule has 0 saturated carbocycles. The molecule has 0 saturated heterocycles. The topological polar surface area (TPSA) is 153 Å². The molecule has 1 atom stereocenters. The number of nitrogens with one attached hydrogen (secondary N) is 2. The largest absolute Gasteiger partial charge is 0.469 e. The van der Waals surface area contributed by atoms with Gasteiger partial charge in [0.1, 0.15) is 23.8 Å². The minimum atomic E-state index is -1.02. The molecule has 180 valence electrons. The van der Waals surface area contributed by atoms with Gasteiger partial charge in [0.05, 0.1) is 36.4 Å². The number of hydrogen-bond donors (Lipinski definition) is 3. The van der Waals surface area contributed by atoms with Gasteiger partial charge < -0.3 is 30.6 Å². The van der Waals surface area contributed by atoms with E-state index in [0.29, 0.717) is 22.0 Å². The first-order chi connectivity index (χ1) is 16.8. The second kappa shape index (κ2) is 11.1. The minimum Gasteiger partial charge on any atom is -0.469 e. The number of nitrogens with zero attached hydrogens (tertiary/aromatic N) is 1. The van der Waals surface area contributed by atoms with Crippen LogP contribution < -0.4 is 16.4 Å². The van der Waals surface area contributed by atoms with Crippen LogP contribution in [0.25, 0.3) is 0 Å². The molecule has 1 aliphatic heterocycles. The van der Waals surface area contributed by atoms with Crippen LogP contribution in [0.15, 0.2) is 71.3 Å². The molecule has 2 aromatic carbocycles. The Morgan fingerprint density at radius 2 is 1.86 bits per heavy atom. The number of halogens is 1. The van der Waals surface area contributed by atoms with Crippen molar-refractivity contribution in [1.82, 2.24) is 0 Å². The van der Waals surface area contributed by atoms with E-state index in [9.17, 15) is 19.6 Å². The van der Waals surface area contributed by atoms with Crippen LogP contribution in [0.3, 0.4) is 0 Å². The number of nitrogens with two attached hydrogens (primary N) is 1. The Hall–Kier alpha value is -4.49. The minimum absolute atomic E-state index is 0.0586. The van der Waals surface area contributed by atoms with Crippen LogP contribution in [0.2, 0.25) is 5.02 Å². The zero-order valence-electron chi connectivity index (χ0n) is 18.8. The average molecular weight is 497 g/mol. The number of rotatable bonds is 6. The van der Waals surface area contributed by atoms with Crippen LogP contribution in [-0.4, -0.2) is 32.2 Å². The normalized spacial score (nSPS) is 15.0. The van der Waals surface area contributed by atoms with Gasteiger partial charge in [0.25, 0.3) is 0 Å². The molecule has 2 aromatic rings. The number of ether oxygens (including phenoxy) is 3. The SMILES string of the molecule is COC(=O)CC1=C(C(=O)OC)C(c2cccc(NC(=O)Nc3ccccc3Cl)c2)C(C#N)=C(N)O1. The summed E-state index contributed by atoms with van der Waals surface area (Å²) in [7, 11) is 2.34. The van der Waals surface area contributed by atoms with Gasteiger partial charge >= 0.3 is 18.0 Å². The van der Waals surface area contributed by atoms with Crippen LogP contribution in [-0.2, 0) is 23.8 Å². The van der Waals surface area contributed by atoms with E-state index in [2.05, 4.69) is 15.4 Å². The maximum absolute atomic E-state index is 12.7. The van der Waals surface area contributed by atoms with Crippen molar-refractivity contribution in [3.05, 3.63) is 81.9 Å². The molecule has 0 aliphatic carbocycles. The Morgan fingerprint density at radius 1 is 1.11 bits per heavy atom. The molecule has 0 aromatic heterocycles. The molecule has 11 heteroatoms. The predicted molar refractivity (Wildman–Crippen MR) is 127 cm³/mol. The van der Waals surface area contributed by atoms with Crippen molar-refractivity contribution in [1.29, 1.82) is 5.26 Å². The van der Waals surface area contributed by atoms with E-state index in [0.717, 1.165) is 7.11 Å². The van der Waals surface area contributed by atoms with Gasteiger partial charge in [-0.15, -0.1) is 0 Å². The third-order valence-electron chi connectivity index (χ3n) is 5.03. The first kappa shape index (κ1) is 25.1. The Balaban J connectivity index is 1.99. The Kier molecular flexibility index (Phi) is 7.96. The van der Waals surface area contributed by atoms with Crippen molar-refractivity contribution in [3.8, 4) is 6.07 Å². The molecule has 0 spiro atoms. The highest BCUT2D eigenvalue weighted by Crippen LogP contribution is 2.41. The number of methoxy groups -OCH3 is 2. The molecule has 0 fully saturated rings. The maximum atomic E-state index is 12.7. The van der Waals surface area contributed by atoms with E-state index < -0.39 is 30.3 Å². The third-order valence-corrected chi connectivity index (χ3v) is 5.36. The van der Waals surface area contributed by atoms with Crippen LogP contribution in [0.5, 0.6) is 0 Å². The lowest BCUT2D eigenvalue weighted by atomic mass is 9.82. The molecule has 1 heterocycles. The predicted octanol–water partition coefficient (Wildman–Crippen LogP) is 3.78. The van der Waals surface area contributed by atoms with Crippen molar-refractivity contribution in [3.63, 3.8) is 0 Å². The van der Waals surface area contributed by atoms with E-state index in [-0.39, 0.29) is 22.8 Å². The molecule has 2 amide bonds. The number of benzene rings is 2. The smallest absolute Gasteiger partial charge is 0.338 e. The monoisotopic (exact) mass is 496 g/mol. The summed E-state index contributed by atoms with van der Waals surface area (Å²) in [5.41, 5.74) is 7.00. The number of para-hydroxylation sites is 1. The molecular weight excluding hydrogens is 476 g/mol.